The van der Waals surface area contributed by atoms with Gasteiger partial charge in [-0.15, -0.1) is 0 Å². The predicted molar refractivity (Wildman–Crippen MR) is 104 cm³/mol. The van der Waals surface area contributed by atoms with Crippen LogP contribution in [0.4, 0.5) is 0 Å². The Labute approximate surface area is 162 Å². The number of fused-ring (bicyclic) bond motifs is 3. The van der Waals surface area contributed by atoms with E-state index in [1.807, 2.05) is 54.4 Å². The summed E-state index contributed by atoms with van der Waals surface area (Å²) < 4.78 is 17.8. The number of hydrazone groups is 1. The summed E-state index contributed by atoms with van der Waals surface area (Å²) in [4.78, 5) is 0. The van der Waals surface area contributed by atoms with Gasteiger partial charge < -0.3 is 19.0 Å². The first-order chi connectivity index (χ1) is 13.8. The number of para-hydroxylation sites is 2. The molecule has 142 valence electrons. The molecule has 2 aromatic carbocycles. The molecule has 0 saturated carbocycles. The van der Waals surface area contributed by atoms with Crippen LogP contribution in [-0.4, -0.2) is 22.4 Å². The van der Waals surface area contributed by atoms with Crippen LogP contribution >= 0.6 is 0 Å². The van der Waals surface area contributed by atoms with Crippen molar-refractivity contribution in [3.63, 3.8) is 0 Å². The van der Waals surface area contributed by atoms with Crippen molar-refractivity contribution >= 4 is 5.71 Å². The summed E-state index contributed by atoms with van der Waals surface area (Å²) in [6.45, 7) is 2.51. The van der Waals surface area contributed by atoms with E-state index in [2.05, 4.69) is 0 Å². The van der Waals surface area contributed by atoms with Gasteiger partial charge in [0.1, 0.15) is 5.75 Å². The summed E-state index contributed by atoms with van der Waals surface area (Å²) >= 11 is 0. The van der Waals surface area contributed by atoms with Crippen LogP contribution in [0.1, 0.15) is 42.5 Å². The summed E-state index contributed by atoms with van der Waals surface area (Å²) in [6.07, 6.45) is 1.78. The van der Waals surface area contributed by atoms with E-state index in [4.69, 9.17) is 19.0 Å². The Morgan fingerprint density at radius 2 is 2.04 bits per heavy atom. The first-order valence-corrected chi connectivity index (χ1v) is 9.36. The number of phenolic OH excluding ortho intramolecular Hbond substituents is 1. The number of rotatable bonds is 4. The fourth-order valence-electron chi connectivity index (χ4n) is 3.85. The van der Waals surface area contributed by atoms with E-state index in [0.717, 1.165) is 22.6 Å². The molecule has 2 atom stereocenters. The Morgan fingerprint density at radius 1 is 1.14 bits per heavy atom. The van der Waals surface area contributed by atoms with Crippen molar-refractivity contribution in [2.45, 2.75) is 25.6 Å². The Morgan fingerprint density at radius 3 is 2.82 bits per heavy atom. The Hall–Kier alpha value is -3.41. The number of phenols is 1. The van der Waals surface area contributed by atoms with Crippen LogP contribution in [0.15, 0.2) is 70.4 Å². The molecule has 2 aliphatic rings. The third-order valence-electron chi connectivity index (χ3n) is 5.08. The summed E-state index contributed by atoms with van der Waals surface area (Å²) in [5.74, 6) is 2.33. The van der Waals surface area contributed by atoms with Gasteiger partial charge in [-0.05, 0) is 37.3 Å². The van der Waals surface area contributed by atoms with Crippen molar-refractivity contribution in [3.8, 4) is 17.2 Å². The molecular formula is C22H20N2O4. The lowest BCUT2D eigenvalue weighted by Crippen LogP contribution is -2.33. The van der Waals surface area contributed by atoms with Crippen LogP contribution in [0.3, 0.4) is 0 Å². The van der Waals surface area contributed by atoms with Crippen molar-refractivity contribution in [2.24, 2.45) is 5.10 Å². The summed E-state index contributed by atoms with van der Waals surface area (Å²) in [6, 6.07) is 16.9. The molecule has 0 amide bonds. The third kappa shape index (κ3) is 2.60. The smallest absolute Gasteiger partial charge is 0.246 e. The van der Waals surface area contributed by atoms with Gasteiger partial charge in [-0.1, -0.05) is 24.3 Å². The molecule has 2 aliphatic heterocycles. The van der Waals surface area contributed by atoms with Gasteiger partial charge in [0, 0.05) is 17.5 Å². The average Bonchev–Trinajstić information content (AvgIpc) is 3.38. The van der Waals surface area contributed by atoms with Gasteiger partial charge in [0.05, 0.1) is 24.6 Å². The van der Waals surface area contributed by atoms with Gasteiger partial charge in [-0.3, -0.25) is 0 Å². The minimum absolute atomic E-state index is 0.0335. The number of benzene rings is 2. The van der Waals surface area contributed by atoms with E-state index >= 15 is 0 Å². The zero-order valence-electron chi connectivity index (χ0n) is 15.4. The highest BCUT2D eigenvalue weighted by atomic mass is 16.5. The maximum Gasteiger partial charge on any atom is 0.246 e. The highest BCUT2D eigenvalue weighted by Gasteiger charge is 2.43. The van der Waals surface area contributed by atoms with E-state index < -0.39 is 6.23 Å². The molecule has 0 saturated heterocycles. The molecule has 0 bridgehead atoms. The molecule has 1 N–H and O–H groups in total. The second kappa shape index (κ2) is 6.64. The molecule has 0 spiro atoms. The first kappa shape index (κ1) is 16.7. The van der Waals surface area contributed by atoms with E-state index in [0.29, 0.717) is 24.5 Å². The van der Waals surface area contributed by atoms with Gasteiger partial charge in [0.15, 0.2) is 17.3 Å². The minimum atomic E-state index is -0.502. The largest absolute Gasteiger partial charge is 0.507 e. The predicted octanol–water partition coefficient (Wildman–Crippen LogP) is 4.63. The number of ether oxygens (including phenoxy) is 2. The molecule has 3 heterocycles. The lowest BCUT2D eigenvalue weighted by molar-refractivity contribution is -0.0344. The molecule has 6 heteroatoms. The van der Waals surface area contributed by atoms with Crippen LogP contribution in [0, 0.1) is 0 Å². The lowest BCUT2D eigenvalue weighted by Gasteiger charge is -2.37. The number of aromatic hydroxyl groups is 1. The molecule has 0 radical (unpaired) electrons. The topological polar surface area (TPSA) is 67.4 Å². The molecule has 0 unspecified atom stereocenters. The molecule has 0 aliphatic carbocycles. The molecule has 6 nitrogen and oxygen atoms in total. The molecule has 5 rings (SSSR count). The molecule has 0 fully saturated rings. The van der Waals surface area contributed by atoms with Gasteiger partial charge in [-0.25, -0.2) is 5.01 Å². The minimum Gasteiger partial charge on any atom is -0.507 e. The number of hydrogen-bond acceptors (Lipinski definition) is 6. The first-order valence-electron chi connectivity index (χ1n) is 9.36. The van der Waals surface area contributed by atoms with Crippen molar-refractivity contribution in [1.29, 1.82) is 0 Å². The van der Waals surface area contributed by atoms with Gasteiger partial charge in [0.25, 0.3) is 0 Å². The van der Waals surface area contributed by atoms with Gasteiger partial charge in [0.2, 0.25) is 6.23 Å². The van der Waals surface area contributed by atoms with Crippen LogP contribution in [0.2, 0.25) is 0 Å². The number of furan rings is 1. The highest BCUT2D eigenvalue weighted by Crippen LogP contribution is 2.51. The van der Waals surface area contributed by atoms with Crippen LogP contribution in [-0.2, 0) is 0 Å². The van der Waals surface area contributed by atoms with Gasteiger partial charge >= 0.3 is 0 Å². The number of hydrogen-bond donors (Lipinski definition) is 1. The SMILES string of the molecule is CCOc1cccc2c1O[C@@H](c1ccco1)N1N=C(c3ccccc3O)C[C@H]21. The zero-order chi connectivity index (χ0) is 19.1. The Balaban J connectivity index is 1.62. The lowest BCUT2D eigenvalue weighted by atomic mass is 9.95. The fourth-order valence-corrected chi connectivity index (χ4v) is 3.85. The molecule has 3 aromatic rings. The van der Waals surface area contributed by atoms with Gasteiger partial charge in [-0.2, -0.15) is 5.10 Å². The van der Waals surface area contributed by atoms with E-state index in [1.165, 1.54) is 0 Å². The Kier molecular flexibility index (Phi) is 3.97. The summed E-state index contributed by atoms with van der Waals surface area (Å²) in [5.41, 5.74) is 2.57. The zero-order valence-corrected chi connectivity index (χ0v) is 15.4. The average molecular weight is 376 g/mol. The fraction of sp³-hybridized carbons (Fsp3) is 0.227. The molecule has 28 heavy (non-hydrogen) atoms. The normalized spacial score (nSPS) is 20.2. The highest BCUT2D eigenvalue weighted by molar-refractivity contribution is 6.04. The quantitative estimate of drug-likeness (QED) is 0.719. The van der Waals surface area contributed by atoms with E-state index in [9.17, 15) is 5.11 Å². The summed E-state index contributed by atoms with van der Waals surface area (Å²) in [5, 5.41) is 17.0. The maximum absolute atomic E-state index is 10.3. The maximum atomic E-state index is 10.3. The van der Waals surface area contributed by atoms with E-state index in [1.54, 1.807) is 18.4 Å². The van der Waals surface area contributed by atoms with Crippen molar-refractivity contribution in [1.82, 2.24) is 5.01 Å². The second-order valence-electron chi connectivity index (χ2n) is 6.76. The molecular weight excluding hydrogens is 356 g/mol. The molecule has 1 aromatic heterocycles. The monoisotopic (exact) mass is 376 g/mol. The van der Waals surface area contributed by atoms with Crippen LogP contribution in [0.25, 0.3) is 0 Å². The van der Waals surface area contributed by atoms with Crippen molar-refractivity contribution in [3.05, 3.63) is 77.7 Å². The van der Waals surface area contributed by atoms with E-state index in [-0.39, 0.29) is 11.8 Å². The second-order valence-corrected chi connectivity index (χ2v) is 6.76. The summed E-state index contributed by atoms with van der Waals surface area (Å²) in [7, 11) is 0. The standard InChI is InChI=1S/C22H20N2O4/c1-2-26-19-10-5-8-15-17-13-16(14-7-3-4-9-18(14)25)23-24(17)22(28-21(15)19)20-11-6-12-27-20/h3-12,17,22,25H,2,13H2,1H3/t17-,22+/m1/s1. The Bertz CT molecular complexity index is 1030. The third-order valence-corrected chi connectivity index (χ3v) is 5.08. The van der Waals surface area contributed by atoms with Crippen LogP contribution < -0.4 is 9.47 Å². The van der Waals surface area contributed by atoms with Crippen molar-refractivity contribution < 1.29 is 19.0 Å². The van der Waals surface area contributed by atoms with Crippen molar-refractivity contribution in [2.75, 3.05) is 6.61 Å². The number of nitrogens with zero attached hydrogens (tertiary/aromatic N) is 2. The van der Waals surface area contributed by atoms with Crippen LogP contribution in [0.5, 0.6) is 17.2 Å².